The molecule has 56 heavy (non-hydrogen) atoms. The Morgan fingerprint density at radius 1 is 1.12 bits per heavy atom. The molecule has 2 aliphatic heterocycles. The molecule has 308 valence electrons. The zero-order valence-corrected chi connectivity index (χ0v) is 33.3. The minimum Gasteiger partial charge on any atom is -0.391 e. The maximum atomic E-state index is 14.1. The summed E-state index contributed by atoms with van der Waals surface area (Å²) < 4.78 is 0. The van der Waals surface area contributed by atoms with Crippen LogP contribution < -0.4 is 32.7 Å². The van der Waals surface area contributed by atoms with Gasteiger partial charge in [0.1, 0.15) is 30.0 Å². The Morgan fingerprint density at radius 2 is 1.82 bits per heavy atom. The molecular formula is C37H55N9O9S. The fourth-order valence-corrected chi connectivity index (χ4v) is 7.53. The van der Waals surface area contributed by atoms with E-state index >= 15 is 0 Å². The Hall–Kier alpha value is -5.01. The molecule has 1 fully saturated rings. The average molecular weight is 802 g/mol. The van der Waals surface area contributed by atoms with Gasteiger partial charge in [-0.15, -0.1) is 11.8 Å². The number of aliphatic hydroxyl groups is 1. The number of β-amino-alcohol motifs (C(OH)–C–C–N with tert-alkyl or cyclic N) is 1. The number of Topliss-reactive ketones (excluding diaryl/α,β-unsaturated/α-hetero) is 1. The smallest absolute Gasteiger partial charge is 0.246 e. The molecule has 10 N–H and O–H groups in total. The Morgan fingerprint density at radius 3 is 2.45 bits per heavy atom. The predicted octanol–water partition coefficient (Wildman–Crippen LogP) is -1.61. The van der Waals surface area contributed by atoms with E-state index in [4.69, 9.17) is 11.5 Å². The van der Waals surface area contributed by atoms with E-state index in [2.05, 4.69) is 32.8 Å². The Labute approximate surface area is 330 Å². The van der Waals surface area contributed by atoms with Crippen molar-refractivity contribution < 1.29 is 43.5 Å². The first-order valence-electron chi connectivity index (χ1n) is 18.5. The molecule has 1 saturated heterocycles. The second kappa shape index (κ2) is 20.8. The summed E-state index contributed by atoms with van der Waals surface area (Å²) in [6.07, 6.45) is 3.98. The summed E-state index contributed by atoms with van der Waals surface area (Å²) in [7, 11) is 1.43. The van der Waals surface area contributed by atoms with Gasteiger partial charge in [-0.25, -0.2) is 0 Å². The number of likely N-dealkylation sites (tertiary alicyclic amines) is 1. The van der Waals surface area contributed by atoms with Gasteiger partial charge in [0.25, 0.3) is 0 Å². The van der Waals surface area contributed by atoms with Gasteiger partial charge in [-0.3, -0.25) is 38.4 Å². The highest BCUT2D eigenvalue weighted by molar-refractivity contribution is 7.99. The van der Waals surface area contributed by atoms with Crippen LogP contribution in [0.5, 0.6) is 0 Å². The van der Waals surface area contributed by atoms with Gasteiger partial charge in [0.05, 0.1) is 30.3 Å². The summed E-state index contributed by atoms with van der Waals surface area (Å²) in [6, 6.07) is -6.17. The van der Waals surface area contributed by atoms with Gasteiger partial charge < -0.3 is 52.6 Å². The van der Waals surface area contributed by atoms with Crippen molar-refractivity contribution in [3.8, 4) is 0 Å². The van der Waals surface area contributed by atoms with Crippen LogP contribution in [0.15, 0.2) is 23.8 Å². The maximum Gasteiger partial charge on any atom is 0.246 e. The minimum atomic E-state index is -1.48. The van der Waals surface area contributed by atoms with Gasteiger partial charge in [0, 0.05) is 44.3 Å². The number of carbonyl (C=O) groups is 8. The molecule has 7 amide bonds. The number of nitrogens with two attached hydrogens (primary N) is 2. The lowest BCUT2D eigenvalue weighted by atomic mass is 9.98. The molecule has 18 nitrogen and oxygen atoms in total. The van der Waals surface area contributed by atoms with Crippen LogP contribution in [0.25, 0.3) is 6.08 Å². The van der Waals surface area contributed by atoms with E-state index in [1.165, 1.54) is 11.9 Å². The highest BCUT2D eigenvalue weighted by atomic mass is 32.2. The Bertz CT molecular complexity index is 1710. The van der Waals surface area contributed by atoms with Crippen LogP contribution in [0.1, 0.15) is 63.3 Å². The highest BCUT2D eigenvalue weighted by Crippen LogP contribution is 2.30. The van der Waals surface area contributed by atoms with Crippen molar-refractivity contribution in [3.05, 3.63) is 35.6 Å². The van der Waals surface area contributed by atoms with E-state index in [-0.39, 0.29) is 49.8 Å². The number of rotatable bonds is 11. The third-order valence-electron chi connectivity index (χ3n) is 9.89. The standard InChI is InChI=1S/C37H55N9O9S/c1-7-10-11-25-20(5)23-14-24(38)36(54)45(6)17-30(50)44-31(19(4)8-2)34(53)40-15-29(49)41-27(18-56-35(23)43-25)33(52)42-26(12-21(47)9-3)37(55)46-16-22(48)13-28(46)32(39)51/h7,10-11,19,22,24,26-28,31,43,48H,1,8-9,12-18,38H2,2-6H3,(H2,39,51)(H,40,53)(H,41,49)(H,42,52)(H,44,50)/b11-10-/t19-,22+,24+,26-,27-,28-,31-/m0/s1. The fraction of sp³-hybridized carbons (Fsp3) is 0.568. The molecule has 7 atom stereocenters. The molecule has 0 spiro atoms. The molecule has 0 radical (unpaired) electrons. The molecule has 0 bridgehead atoms. The zero-order chi connectivity index (χ0) is 41.9. The van der Waals surface area contributed by atoms with E-state index in [0.29, 0.717) is 22.7 Å². The number of nitrogens with zero attached hydrogens (tertiary/aromatic N) is 2. The first-order chi connectivity index (χ1) is 26.4. The van der Waals surface area contributed by atoms with Crippen LogP contribution in [0.2, 0.25) is 0 Å². The first kappa shape index (κ1) is 45.4. The summed E-state index contributed by atoms with van der Waals surface area (Å²) in [5, 5.41) is 21.1. The molecule has 3 rings (SSSR count). The van der Waals surface area contributed by atoms with Gasteiger partial charge in [0.2, 0.25) is 41.4 Å². The Kier molecular flexibility index (Phi) is 16.8. The number of aliphatic hydroxyl groups excluding tert-OH is 1. The highest BCUT2D eigenvalue weighted by Gasteiger charge is 2.41. The number of amides is 7. The predicted molar refractivity (Wildman–Crippen MR) is 208 cm³/mol. The molecule has 1 aromatic heterocycles. The summed E-state index contributed by atoms with van der Waals surface area (Å²) in [5.41, 5.74) is 14.0. The molecule has 0 aliphatic carbocycles. The van der Waals surface area contributed by atoms with Crippen molar-refractivity contribution in [2.75, 3.05) is 32.4 Å². The summed E-state index contributed by atoms with van der Waals surface area (Å²) in [5.74, 6) is -6.01. The van der Waals surface area contributed by atoms with Crippen molar-refractivity contribution in [2.24, 2.45) is 17.4 Å². The molecule has 0 saturated carbocycles. The zero-order valence-electron chi connectivity index (χ0n) is 32.5. The van der Waals surface area contributed by atoms with Gasteiger partial charge in [-0.1, -0.05) is 45.9 Å². The number of aromatic nitrogens is 1. The van der Waals surface area contributed by atoms with E-state index in [9.17, 15) is 43.5 Å². The van der Waals surface area contributed by atoms with Crippen molar-refractivity contribution in [1.29, 1.82) is 0 Å². The topological polar surface area (TPSA) is 279 Å². The second-order valence-corrected chi connectivity index (χ2v) is 15.1. The molecule has 0 unspecified atom stereocenters. The van der Waals surface area contributed by atoms with Crippen molar-refractivity contribution in [3.63, 3.8) is 0 Å². The van der Waals surface area contributed by atoms with Crippen LogP contribution >= 0.6 is 11.8 Å². The maximum absolute atomic E-state index is 14.1. The van der Waals surface area contributed by atoms with E-state index in [1.54, 1.807) is 32.1 Å². The van der Waals surface area contributed by atoms with E-state index in [1.807, 2.05) is 13.8 Å². The quantitative estimate of drug-likeness (QED) is 0.118. The lowest BCUT2D eigenvalue weighted by Crippen LogP contribution is -2.58. The third-order valence-corrected chi connectivity index (χ3v) is 11.0. The van der Waals surface area contributed by atoms with Crippen LogP contribution in [-0.2, 0) is 44.8 Å². The number of aromatic amines is 1. The first-order valence-corrected chi connectivity index (χ1v) is 19.5. The number of allylic oxidation sites excluding steroid dienone is 2. The number of nitrogens with one attached hydrogen (secondary N) is 5. The van der Waals surface area contributed by atoms with Crippen molar-refractivity contribution in [2.45, 2.75) is 101 Å². The SMILES string of the molecule is C=C/C=C\c1[nH]c2c(c1C)C[C@@H](N)C(=O)N(C)CC(=O)N[C@@H]([C@@H](C)CC)C(=O)NCC(=O)N[C@H](C(=O)N[C@@H](CC(=O)CC)C(=O)N1C[C@H](O)C[C@H]1C(N)=O)CS2. The summed E-state index contributed by atoms with van der Waals surface area (Å²) in [6.45, 7) is 9.45. The number of fused-ring (bicyclic) bond motifs is 1. The minimum absolute atomic E-state index is 0.0247. The van der Waals surface area contributed by atoms with Crippen LogP contribution in [0, 0.1) is 12.8 Å². The largest absolute Gasteiger partial charge is 0.391 e. The lowest BCUT2D eigenvalue weighted by molar-refractivity contribution is -0.142. The number of primary amides is 1. The molecule has 19 heteroatoms. The number of likely N-dealkylation sites (N-methyl/N-ethyl adjacent to an activating group) is 1. The van der Waals surface area contributed by atoms with E-state index in [0.717, 1.165) is 22.2 Å². The summed E-state index contributed by atoms with van der Waals surface area (Å²) in [4.78, 5) is 111. The van der Waals surface area contributed by atoms with Crippen LogP contribution in [0.4, 0.5) is 0 Å². The Balaban J connectivity index is 2.05. The third kappa shape index (κ3) is 12.0. The molecule has 2 aliphatic rings. The molecule has 1 aromatic rings. The van der Waals surface area contributed by atoms with Gasteiger partial charge in [0.15, 0.2) is 0 Å². The second-order valence-electron chi connectivity index (χ2n) is 14.1. The number of H-pyrrole nitrogens is 1. The normalized spacial score (nSPS) is 24.2. The fourth-order valence-electron chi connectivity index (χ4n) is 6.37. The summed E-state index contributed by atoms with van der Waals surface area (Å²) >= 11 is 1.11. The van der Waals surface area contributed by atoms with Crippen molar-refractivity contribution in [1.82, 2.24) is 36.1 Å². The number of thioether (sulfide) groups is 1. The van der Waals surface area contributed by atoms with E-state index < -0.39 is 90.6 Å². The lowest BCUT2D eigenvalue weighted by Gasteiger charge is -2.29. The number of carbonyl (C=O) groups excluding carboxylic acids is 8. The number of hydrogen-bond acceptors (Lipinski definition) is 11. The number of hydrogen-bond donors (Lipinski definition) is 8. The van der Waals surface area contributed by atoms with Crippen molar-refractivity contribution >= 4 is 65.0 Å². The molecule has 0 aromatic carbocycles. The van der Waals surface area contributed by atoms with Gasteiger partial charge >= 0.3 is 0 Å². The van der Waals surface area contributed by atoms with Gasteiger partial charge in [-0.05, 0) is 36.5 Å². The monoisotopic (exact) mass is 801 g/mol. The molecule has 3 heterocycles. The van der Waals surface area contributed by atoms with Crippen LogP contribution in [0.3, 0.4) is 0 Å². The number of ketones is 1. The average Bonchev–Trinajstić information content (AvgIpc) is 3.70. The van der Waals surface area contributed by atoms with Crippen LogP contribution in [-0.4, -0.2) is 136 Å². The molecular weight excluding hydrogens is 747 g/mol. The van der Waals surface area contributed by atoms with Gasteiger partial charge in [-0.2, -0.15) is 0 Å².